The Morgan fingerprint density at radius 1 is 1.09 bits per heavy atom. The third-order valence-electron chi connectivity index (χ3n) is 5.13. The van der Waals surface area contributed by atoms with E-state index >= 15 is 0 Å². The summed E-state index contributed by atoms with van der Waals surface area (Å²) in [7, 11) is -3.44. The molecule has 0 bridgehead atoms. The van der Waals surface area contributed by atoms with E-state index in [-0.39, 0.29) is 0 Å². The number of aryl methyl sites for hydroxylation is 1. The Balaban J connectivity index is 1.33. The van der Waals surface area contributed by atoms with Crippen LogP contribution < -0.4 is 5.32 Å². The summed E-state index contributed by atoms with van der Waals surface area (Å²) in [6.45, 7) is 4.71. The molecule has 0 aliphatic carbocycles. The van der Waals surface area contributed by atoms with Gasteiger partial charge in [0.1, 0.15) is 0 Å². The summed E-state index contributed by atoms with van der Waals surface area (Å²) in [6.07, 6.45) is 1.64. The van der Waals surface area contributed by atoms with Gasteiger partial charge in [-0.15, -0.1) is 5.10 Å². The molecule has 1 saturated heterocycles. The fourth-order valence-corrected chi connectivity index (χ4v) is 5.61. The molecule has 32 heavy (non-hydrogen) atoms. The van der Waals surface area contributed by atoms with Crippen molar-refractivity contribution < 1.29 is 8.42 Å². The first-order valence-corrected chi connectivity index (χ1v) is 13.0. The molecule has 0 unspecified atom stereocenters. The van der Waals surface area contributed by atoms with Crippen LogP contribution in [0.1, 0.15) is 11.1 Å². The van der Waals surface area contributed by atoms with E-state index in [1.54, 1.807) is 10.8 Å². The van der Waals surface area contributed by atoms with E-state index in [1.807, 2.05) is 55.5 Å². The van der Waals surface area contributed by atoms with Gasteiger partial charge in [0.25, 0.3) is 0 Å². The van der Waals surface area contributed by atoms with Crippen molar-refractivity contribution in [3.8, 4) is 0 Å². The van der Waals surface area contributed by atoms with Crippen LogP contribution in [0, 0.1) is 10.9 Å². The molecule has 7 nitrogen and oxygen atoms in total. The number of rotatable bonds is 7. The lowest BCUT2D eigenvalue weighted by Crippen LogP contribution is -2.48. The van der Waals surface area contributed by atoms with Crippen LogP contribution in [-0.2, 0) is 16.7 Å². The van der Waals surface area contributed by atoms with E-state index in [0.29, 0.717) is 36.8 Å². The SMILES string of the molecule is Cc1cccc(Nc2nn(CN3CCN(S(=O)(=O)/C=C/c4ccccc4)CC3)c(=S)s2)c1. The second kappa shape index (κ2) is 10.1. The molecule has 168 valence electrons. The van der Waals surface area contributed by atoms with Gasteiger partial charge < -0.3 is 5.32 Å². The van der Waals surface area contributed by atoms with E-state index in [2.05, 4.69) is 21.4 Å². The van der Waals surface area contributed by atoms with Crippen molar-refractivity contribution in [2.24, 2.45) is 0 Å². The molecule has 0 radical (unpaired) electrons. The van der Waals surface area contributed by atoms with Gasteiger partial charge in [-0.25, -0.2) is 13.1 Å². The van der Waals surface area contributed by atoms with Gasteiger partial charge in [0.15, 0.2) is 3.95 Å². The summed E-state index contributed by atoms with van der Waals surface area (Å²) in [6, 6.07) is 17.5. The Hall–Kier alpha value is -2.37. The maximum Gasteiger partial charge on any atom is 0.236 e. The molecule has 1 fully saturated rings. The Morgan fingerprint density at radius 2 is 1.84 bits per heavy atom. The summed E-state index contributed by atoms with van der Waals surface area (Å²) >= 11 is 6.91. The van der Waals surface area contributed by atoms with Gasteiger partial charge in [-0.3, -0.25) is 4.90 Å². The van der Waals surface area contributed by atoms with Crippen molar-refractivity contribution >= 4 is 50.5 Å². The lowest BCUT2D eigenvalue weighted by Gasteiger charge is -2.32. The smallest absolute Gasteiger partial charge is 0.236 e. The number of benzene rings is 2. The molecule has 1 aromatic heterocycles. The molecule has 0 spiro atoms. The maximum atomic E-state index is 12.7. The Kier molecular flexibility index (Phi) is 7.17. The van der Waals surface area contributed by atoms with E-state index in [0.717, 1.165) is 16.4 Å². The molecule has 10 heteroatoms. The normalized spacial score (nSPS) is 15.9. The highest BCUT2D eigenvalue weighted by Gasteiger charge is 2.25. The van der Waals surface area contributed by atoms with E-state index in [1.165, 1.54) is 26.6 Å². The molecule has 1 N–H and O–H groups in total. The van der Waals surface area contributed by atoms with Gasteiger partial charge in [0, 0.05) is 37.3 Å². The minimum Gasteiger partial charge on any atom is -0.330 e. The van der Waals surface area contributed by atoms with Crippen LogP contribution in [0.3, 0.4) is 0 Å². The summed E-state index contributed by atoms with van der Waals surface area (Å²) in [5.74, 6) is 0. The lowest BCUT2D eigenvalue weighted by atomic mass is 10.2. The number of nitrogens with zero attached hydrogens (tertiary/aromatic N) is 4. The average molecular weight is 488 g/mol. The van der Waals surface area contributed by atoms with Crippen LogP contribution in [0.25, 0.3) is 6.08 Å². The maximum absolute atomic E-state index is 12.7. The first kappa shape index (κ1) is 22.8. The van der Waals surface area contributed by atoms with E-state index in [9.17, 15) is 8.42 Å². The fourth-order valence-electron chi connectivity index (χ4n) is 3.42. The first-order valence-electron chi connectivity index (χ1n) is 10.3. The zero-order chi connectivity index (χ0) is 22.6. The number of aromatic nitrogens is 2. The topological polar surface area (TPSA) is 70.5 Å². The number of hydrogen-bond donors (Lipinski definition) is 1. The molecule has 1 aliphatic heterocycles. The molecule has 3 aromatic rings. The zero-order valence-corrected chi connectivity index (χ0v) is 20.2. The Labute approximate surface area is 197 Å². The van der Waals surface area contributed by atoms with Crippen molar-refractivity contribution in [3.05, 3.63) is 75.1 Å². The Morgan fingerprint density at radius 3 is 2.56 bits per heavy atom. The number of hydrogen-bond acceptors (Lipinski definition) is 7. The predicted octanol–water partition coefficient (Wildman–Crippen LogP) is 4.30. The van der Waals surface area contributed by atoms with Gasteiger partial charge in [-0.05, 0) is 48.5 Å². The average Bonchev–Trinajstić information content (AvgIpc) is 3.12. The van der Waals surface area contributed by atoms with Crippen LogP contribution in [0.5, 0.6) is 0 Å². The highest BCUT2D eigenvalue weighted by Crippen LogP contribution is 2.21. The largest absolute Gasteiger partial charge is 0.330 e. The molecule has 0 amide bonds. The van der Waals surface area contributed by atoms with Crippen LogP contribution >= 0.6 is 23.6 Å². The van der Waals surface area contributed by atoms with Crippen LogP contribution in [0.4, 0.5) is 10.8 Å². The molecule has 1 aliphatic rings. The second-order valence-corrected chi connectivity index (χ2v) is 11.0. The Bertz CT molecular complexity index is 1240. The van der Waals surface area contributed by atoms with Crippen LogP contribution in [-0.4, -0.2) is 53.6 Å². The molecule has 2 heterocycles. The third-order valence-corrected chi connectivity index (χ3v) is 7.92. The van der Waals surface area contributed by atoms with Gasteiger partial charge in [0.2, 0.25) is 15.2 Å². The molecule has 4 rings (SSSR count). The third kappa shape index (κ3) is 5.90. The molecular formula is C22H25N5O2S3. The highest BCUT2D eigenvalue weighted by molar-refractivity contribution is 7.92. The van der Waals surface area contributed by atoms with Crippen molar-refractivity contribution in [2.75, 3.05) is 31.5 Å². The zero-order valence-electron chi connectivity index (χ0n) is 17.7. The minimum absolute atomic E-state index is 0.438. The van der Waals surface area contributed by atoms with Crippen molar-refractivity contribution in [1.82, 2.24) is 19.0 Å². The highest BCUT2D eigenvalue weighted by atomic mass is 32.2. The van der Waals surface area contributed by atoms with Gasteiger partial charge in [-0.1, -0.05) is 53.8 Å². The fraction of sp³-hybridized carbons (Fsp3) is 0.273. The minimum atomic E-state index is -3.44. The summed E-state index contributed by atoms with van der Waals surface area (Å²) in [5, 5.41) is 9.93. The van der Waals surface area contributed by atoms with Gasteiger partial charge >= 0.3 is 0 Å². The van der Waals surface area contributed by atoms with E-state index in [4.69, 9.17) is 12.2 Å². The number of sulfonamides is 1. The molecular weight excluding hydrogens is 462 g/mol. The first-order chi connectivity index (χ1) is 15.4. The second-order valence-electron chi connectivity index (χ2n) is 7.58. The quantitative estimate of drug-likeness (QED) is 0.501. The van der Waals surface area contributed by atoms with Gasteiger partial charge in [-0.2, -0.15) is 4.31 Å². The van der Waals surface area contributed by atoms with Crippen molar-refractivity contribution in [3.63, 3.8) is 0 Å². The summed E-state index contributed by atoms with van der Waals surface area (Å²) in [5.41, 5.74) is 3.01. The number of anilines is 2. The molecule has 0 atom stereocenters. The molecule has 2 aromatic carbocycles. The summed E-state index contributed by atoms with van der Waals surface area (Å²) in [4.78, 5) is 2.17. The summed E-state index contributed by atoms with van der Waals surface area (Å²) < 4.78 is 29.3. The number of nitrogens with one attached hydrogen (secondary N) is 1. The van der Waals surface area contributed by atoms with Crippen molar-refractivity contribution in [1.29, 1.82) is 0 Å². The van der Waals surface area contributed by atoms with Crippen LogP contribution in [0.15, 0.2) is 60.0 Å². The van der Waals surface area contributed by atoms with Crippen molar-refractivity contribution in [2.45, 2.75) is 13.6 Å². The van der Waals surface area contributed by atoms with Crippen LogP contribution in [0.2, 0.25) is 0 Å². The molecule has 0 saturated carbocycles. The van der Waals surface area contributed by atoms with Gasteiger partial charge in [0.05, 0.1) is 6.67 Å². The number of piperazine rings is 1. The predicted molar refractivity (Wildman–Crippen MR) is 133 cm³/mol. The lowest BCUT2D eigenvalue weighted by molar-refractivity contribution is 0.146. The standard InChI is InChI=1S/C22H25N5O2S3/c1-18-6-5-9-20(16-18)23-21-24-27(22(30)31-21)17-25-11-13-26(14-12-25)32(28,29)15-10-19-7-3-2-4-8-19/h2-10,15-16H,11-14,17H2,1H3,(H,23,24)/b15-10+. The van der Waals surface area contributed by atoms with E-state index < -0.39 is 10.0 Å². The monoisotopic (exact) mass is 487 g/mol.